The van der Waals surface area contributed by atoms with Gasteiger partial charge in [-0.1, -0.05) is 32.0 Å². The minimum atomic E-state index is 0.0619. The lowest BCUT2D eigenvalue weighted by Crippen LogP contribution is -2.25. The first-order valence-corrected chi connectivity index (χ1v) is 6.30. The Morgan fingerprint density at radius 3 is 2.56 bits per heavy atom. The maximum absolute atomic E-state index is 12.2. The van der Waals surface area contributed by atoms with E-state index >= 15 is 0 Å². The van der Waals surface area contributed by atoms with E-state index in [9.17, 15) is 4.79 Å². The highest BCUT2D eigenvalue weighted by Gasteiger charge is 2.17. The summed E-state index contributed by atoms with van der Waals surface area (Å²) in [5.41, 5.74) is 1.91. The van der Waals surface area contributed by atoms with Crippen LogP contribution in [-0.2, 0) is 6.54 Å². The molecule has 0 saturated carbocycles. The van der Waals surface area contributed by atoms with Gasteiger partial charge in [0.1, 0.15) is 5.69 Å². The molecule has 0 spiro atoms. The number of carbonyl (C=O) groups excluding carboxylic acids is 1. The number of amides is 1. The maximum Gasteiger partial charge on any atom is 0.269 e. The molecule has 0 aliphatic heterocycles. The number of benzene rings is 1. The fourth-order valence-electron chi connectivity index (χ4n) is 2.18. The summed E-state index contributed by atoms with van der Waals surface area (Å²) in [6.07, 6.45) is 0. The third kappa shape index (κ3) is 2.26. The molecule has 0 fully saturated rings. The van der Waals surface area contributed by atoms with E-state index in [0.29, 0.717) is 5.92 Å². The average Bonchev–Trinajstić information content (AvgIpc) is 2.66. The molecule has 3 heteroatoms. The zero-order valence-electron chi connectivity index (χ0n) is 11.5. The van der Waals surface area contributed by atoms with Gasteiger partial charge in [-0.05, 0) is 18.1 Å². The van der Waals surface area contributed by atoms with Crippen LogP contribution in [0.25, 0.3) is 10.9 Å². The van der Waals surface area contributed by atoms with Crippen molar-refractivity contribution in [3.05, 3.63) is 36.0 Å². The molecule has 96 valence electrons. The molecule has 0 aliphatic rings. The van der Waals surface area contributed by atoms with Gasteiger partial charge >= 0.3 is 0 Å². The predicted octanol–water partition coefficient (Wildman–Crippen LogP) is 3.00. The Bertz CT molecular complexity index is 567. The van der Waals surface area contributed by atoms with Crippen molar-refractivity contribution in [2.75, 3.05) is 14.1 Å². The molecule has 1 heterocycles. The van der Waals surface area contributed by atoms with Crippen molar-refractivity contribution in [3.8, 4) is 0 Å². The molecule has 0 saturated heterocycles. The highest BCUT2D eigenvalue weighted by Crippen LogP contribution is 2.22. The lowest BCUT2D eigenvalue weighted by molar-refractivity contribution is 0.0817. The maximum atomic E-state index is 12.2. The summed E-state index contributed by atoms with van der Waals surface area (Å²) >= 11 is 0. The minimum Gasteiger partial charge on any atom is -0.343 e. The third-order valence-electron chi connectivity index (χ3n) is 2.98. The van der Waals surface area contributed by atoms with E-state index in [0.717, 1.165) is 23.1 Å². The molecule has 0 unspecified atom stereocenters. The van der Waals surface area contributed by atoms with E-state index in [2.05, 4.69) is 30.5 Å². The lowest BCUT2D eigenvalue weighted by atomic mass is 10.2. The Morgan fingerprint density at radius 2 is 1.94 bits per heavy atom. The first-order chi connectivity index (χ1) is 8.50. The first kappa shape index (κ1) is 12.7. The molecule has 2 aromatic rings. The quantitative estimate of drug-likeness (QED) is 0.814. The van der Waals surface area contributed by atoms with Gasteiger partial charge in [-0.15, -0.1) is 0 Å². The number of para-hydroxylation sites is 1. The van der Waals surface area contributed by atoms with E-state index < -0.39 is 0 Å². The zero-order chi connectivity index (χ0) is 13.3. The summed E-state index contributed by atoms with van der Waals surface area (Å²) in [6.45, 7) is 5.19. The predicted molar refractivity (Wildman–Crippen MR) is 74.8 cm³/mol. The molecular formula is C15H20N2O. The molecule has 3 nitrogen and oxygen atoms in total. The number of aromatic nitrogens is 1. The summed E-state index contributed by atoms with van der Waals surface area (Å²) in [4.78, 5) is 13.9. The van der Waals surface area contributed by atoms with Crippen LogP contribution in [0.5, 0.6) is 0 Å². The van der Waals surface area contributed by atoms with Crippen LogP contribution in [0.4, 0.5) is 0 Å². The number of fused-ring (bicyclic) bond motifs is 1. The van der Waals surface area contributed by atoms with Crippen molar-refractivity contribution in [2.24, 2.45) is 5.92 Å². The Kier molecular flexibility index (Phi) is 3.41. The van der Waals surface area contributed by atoms with E-state index in [4.69, 9.17) is 0 Å². The number of hydrogen-bond donors (Lipinski definition) is 0. The highest BCUT2D eigenvalue weighted by molar-refractivity contribution is 5.98. The third-order valence-corrected chi connectivity index (χ3v) is 2.98. The molecule has 0 bridgehead atoms. The SMILES string of the molecule is CC(C)Cn1c(C(=O)N(C)C)cc2ccccc21. The highest BCUT2D eigenvalue weighted by atomic mass is 16.2. The zero-order valence-corrected chi connectivity index (χ0v) is 11.5. The fourth-order valence-corrected chi connectivity index (χ4v) is 2.18. The van der Waals surface area contributed by atoms with Crippen LogP contribution in [0.3, 0.4) is 0 Å². The van der Waals surface area contributed by atoms with Crippen LogP contribution in [0.1, 0.15) is 24.3 Å². The van der Waals surface area contributed by atoms with Crippen molar-refractivity contribution >= 4 is 16.8 Å². The summed E-state index contributed by atoms with van der Waals surface area (Å²) < 4.78 is 2.13. The second-order valence-electron chi connectivity index (χ2n) is 5.29. The van der Waals surface area contributed by atoms with E-state index in [-0.39, 0.29) is 5.91 Å². The summed E-state index contributed by atoms with van der Waals surface area (Å²) in [7, 11) is 3.58. The van der Waals surface area contributed by atoms with Gasteiger partial charge in [-0.2, -0.15) is 0 Å². The fraction of sp³-hybridized carbons (Fsp3) is 0.400. The lowest BCUT2D eigenvalue weighted by Gasteiger charge is -2.15. The van der Waals surface area contributed by atoms with Crippen LogP contribution in [0, 0.1) is 5.92 Å². The Labute approximate surface area is 108 Å². The summed E-state index contributed by atoms with van der Waals surface area (Å²) in [5.74, 6) is 0.571. The molecule has 1 aromatic carbocycles. The molecule has 0 radical (unpaired) electrons. The molecule has 18 heavy (non-hydrogen) atoms. The second kappa shape index (κ2) is 4.84. The molecule has 1 aromatic heterocycles. The monoisotopic (exact) mass is 244 g/mol. The van der Waals surface area contributed by atoms with Crippen LogP contribution in [0.15, 0.2) is 30.3 Å². The van der Waals surface area contributed by atoms with Crippen molar-refractivity contribution in [1.82, 2.24) is 9.47 Å². The topological polar surface area (TPSA) is 25.2 Å². The summed E-state index contributed by atoms with van der Waals surface area (Å²) in [5, 5.41) is 1.13. The smallest absolute Gasteiger partial charge is 0.269 e. The van der Waals surface area contributed by atoms with Crippen LogP contribution < -0.4 is 0 Å². The van der Waals surface area contributed by atoms with Gasteiger partial charge in [0.05, 0.1) is 0 Å². The molecule has 0 N–H and O–H groups in total. The molecule has 1 amide bonds. The molecule has 2 rings (SSSR count). The Hall–Kier alpha value is -1.77. The van der Waals surface area contributed by atoms with Gasteiger partial charge in [-0.3, -0.25) is 4.79 Å². The number of carbonyl (C=O) groups is 1. The first-order valence-electron chi connectivity index (χ1n) is 6.30. The van der Waals surface area contributed by atoms with Crippen molar-refractivity contribution < 1.29 is 4.79 Å². The minimum absolute atomic E-state index is 0.0619. The van der Waals surface area contributed by atoms with Crippen LogP contribution in [-0.4, -0.2) is 29.5 Å². The van der Waals surface area contributed by atoms with Gasteiger partial charge in [0.2, 0.25) is 0 Å². The van der Waals surface area contributed by atoms with Crippen molar-refractivity contribution in [2.45, 2.75) is 20.4 Å². The van der Waals surface area contributed by atoms with Crippen LogP contribution in [0.2, 0.25) is 0 Å². The molecular weight excluding hydrogens is 224 g/mol. The van der Waals surface area contributed by atoms with Gasteiger partial charge in [0, 0.05) is 31.5 Å². The van der Waals surface area contributed by atoms with E-state index in [1.54, 1.807) is 19.0 Å². The molecule has 0 atom stereocenters. The van der Waals surface area contributed by atoms with Gasteiger partial charge < -0.3 is 9.47 Å². The van der Waals surface area contributed by atoms with Gasteiger partial charge in [-0.25, -0.2) is 0 Å². The second-order valence-corrected chi connectivity index (χ2v) is 5.29. The van der Waals surface area contributed by atoms with Crippen molar-refractivity contribution in [1.29, 1.82) is 0 Å². The Morgan fingerprint density at radius 1 is 1.28 bits per heavy atom. The van der Waals surface area contributed by atoms with Crippen LogP contribution >= 0.6 is 0 Å². The standard InChI is InChI=1S/C15H20N2O/c1-11(2)10-17-13-8-6-5-7-12(13)9-14(17)15(18)16(3)4/h5-9,11H,10H2,1-4H3. The number of rotatable bonds is 3. The number of nitrogens with zero attached hydrogens (tertiary/aromatic N) is 2. The summed E-state index contributed by atoms with van der Waals surface area (Å²) in [6, 6.07) is 10.1. The van der Waals surface area contributed by atoms with Crippen molar-refractivity contribution in [3.63, 3.8) is 0 Å². The van der Waals surface area contributed by atoms with E-state index in [1.165, 1.54) is 0 Å². The van der Waals surface area contributed by atoms with Gasteiger partial charge in [0.25, 0.3) is 5.91 Å². The molecule has 0 aliphatic carbocycles. The van der Waals surface area contributed by atoms with Gasteiger partial charge in [0.15, 0.2) is 0 Å². The van der Waals surface area contributed by atoms with E-state index in [1.807, 2.05) is 18.2 Å². The average molecular weight is 244 g/mol. The normalized spacial score (nSPS) is 11.2. The largest absolute Gasteiger partial charge is 0.343 e. The Balaban J connectivity index is 2.60. The number of hydrogen-bond acceptors (Lipinski definition) is 1.